The highest BCUT2D eigenvalue weighted by Gasteiger charge is 2.66. The van der Waals surface area contributed by atoms with Crippen molar-refractivity contribution in [2.45, 2.75) is 18.3 Å². The fourth-order valence-electron chi connectivity index (χ4n) is 5.67. The summed E-state index contributed by atoms with van der Waals surface area (Å²) in [5.41, 5.74) is 4.21. The Morgan fingerprint density at radius 3 is 2.19 bits per heavy atom. The molecule has 132 valence electrons. The van der Waals surface area contributed by atoms with Crippen molar-refractivity contribution in [2.75, 3.05) is 4.90 Å². The number of aromatic nitrogens is 1. The molecule has 3 aliphatic carbocycles. The zero-order valence-electron chi connectivity index (χ0n) is 14.6. The molecule has 2 amide bonds. The van der Waals surface area contributed by atoms with Gasteiger partial charge in [0.2, 0.25) is 11.8 Å². The van der Waals surface area contributed by atoms with E-state index in [1.54, 1.807) is 11.6 Å². The molecular formula is C22H16N2O2S. The van der Waals surface area contributed by atoms with Crippen LogP contribution in [0.25, 0.3) is 0 Å². The number of anilines is 1. The van der Waals surface area contributed by atoms with Crippen molar-refractivity contribution in [1.29, 1.82) is 0 Å². The molecule has 2 atom stereocenters. The minimum atomic E-state index is -0.509. The highest BCUT2D eigenvalue weighted by molar-refractivity contribution is 7.14. The summed E-state index contributed by atoms with van der Waals surface area (Å²) in [4.78, 5) is 32.6. The number of rotatable bonds is 1. The first kappa shape index (κ1) is 15.3. The smallest absolute Gasteiger partial charge is 0.240 e. The largest absolute Gasteiger partial charge is 0.274 e. The van der Waals surface area contributed by atoms with Gasteiger partial charge in [-0.3, -0.25) is 9.59 Å². The molecule has 27 heavy (non-hydrogen) atoms. The summed E-state index contributed by atoms with van der Waals surface area (Å²) < 4.78 is 0. The average molecular weight is 372 g/mol. The van der Waals surface area contributed by atoms with Gasteiger partial charge >= 0.3 is 0 Å². The average Bonchev–Trinajstić information content (AvgIpc) is 3.30. The monoisotopic (exact) mass is 372 g/mol. The third kappa shape index (κ3) is 1.62. The number of amides is 2. The van der Waals surface area contributed by atoms with Gasteiger partial charge in [-0.1, -0.05) is 55.5 Å². The van der Waals surface area contributed by atoms with E-state index in [2.05, 4.69) is 36.2 Å². The third-order valence-corrected chi connectivity index (χ3v) is 7.41. The van der Waals surface area contributed by atoms with Gasteiger partial charge in [0.25, 0.3) is 0 Å². The van der Waals surface area contributed by atoms with Crippen LogP contribution in [0.5, 0.6) is 0 Å². The minimum absolute atomic E-state index is 0.0781. The molecule has 4 nitrogen and oxygen atoms in total. The molecule has 0 unspecified atom stereocenters. The maximum absolute atomic E-state index is 13.5. The molecule has 0 spiro atoms. The number of hydrogen-bond donors (Lipinski definition) is 0. The van der Waals surface area contributed by atoms with E-state index in [1.807, 2.05) is 24.3 Å². The second-order valence-corrected chi connectivity index (χ2v) is 8.56. The summed E-state index contributed by atoms with van der Waals surface area (Å²) >= 11 is 1.34. The second-order valence-electron chi connectivity index (χ2n) is 7.68. The number of carbonyl (C=O) groups is 2. The molecule has 3 aromatic rings. The van der Waals surface area contributed by atoms with E-state index in [0.29, 0.717) is 5.13 Å². The Morgan fingerprint density at radius 1 is 0.963 bits per heavy atom. The molecular weight excluding hydrogens is 356 g/mol. The molecule has 0 radical (unpaired) electrons. The lowest BCUT2D eigenvalue weighted by molar-refractivity contribution is -0.123. The van der Waals surface area contributed by atoms with Crippen LogP contribution in [0.2, 0.25) is 0 Å². The zero-order chi connectivity index (χ0) is 18.3. The number of thiazole rings is 1. The number of nitrogens with zero attached hydrogens (tertiary/aromatic N) is 2. The fourth-order valence-corrected chi connectivity index (χ4v) is 6.32. The van der Waals surface area contributed by atoms with Crippen LogP contribution >= 0.6 is 11.3 Å². The van der Waals surface area contributed by atoms with Crippen LogP contribution in [0.4, 0.5) is 5.13 Å². The van der Waals surface area contributed by atoms with Crippen molar-refractivity contribution in [3.8, 4) is 0 Å². The van der Waals surface area contributed by atoms with Crippen molar-refractivity contribution >= 4 is 28.3 Å². The van der Waals surface area contributed by atoms with Crippen molar-refractivity contribution in [3.05, 3.63) is 82.4 Å². The molecule has 1 aromatic heterocycles. The topological polar surface area (TPSA) is 50.3 Å². The lowest BCUT2D eigenvalue weighted by Gasteiger charge is -2.52. The first-order valence-electron chi connectivity index (χ1n) is 9.10. The molecule has 2 bridgehead atoms. The summed E-state index contributed by atoms with van der Waals surface area (Å²) in [6.45, 7) is 2.13. The second kappa shape index (κ2) is 4.93. The molecule has 5 heteroatoms. The van der Waals surface area contributed by atoms with Crippen LogP contribution in [0.15, 0.2) is 60.1 Å². The summed E-state index contributed by atoms with van der Waals surface area (Å²) in [6.07, 6.45) is 1.64. The predicted molar refractivity (Wildman–Crippen MR) is 103 cm³/mol. The van der Waals surface area contributed by atoms with Crippen LogP contribution in [0.3, 0.4) is 0 Å². The van der Waals surface area contributed by atoms with E-state index >= 15 is 0 Å². The Hall–Kier alpha value is -2.79. The molecule has 7 rings (SSSR count). The van der Waals surface area contributed by atoms with E-state index in [0.717, 1.165) is 0 Å². The zero-order valence-corrected chi connectivity index (χ0v) is 15.4. The molecule has 4 aliphatic rings. The van der Waals surface area contributed by atoms with Crippen LogP contribution in [-0.2, 0) is 15.0 Å². The number of imide groups is 1. The van der Waals surface area contributed by atoms with Crippen molar-refractivity contribution in [3.63, 3.8) is 0 Å². The SMILES string of the molecule is CC12c3ccccc3C(c3ccccc31)[C@@H]1C(=O)N(c3nccs3)C(=O)[C@H]12. The molecule has 1 aliphatic heterocycles. The Bertz CT molecular complexity index is 1070. The van der Waals surface area contributed by atoms with Gasteiger partial charge in [-0.25, -0.2) is 9.88 Å². The maximum Gasteiger partial charge on any atom is 0.240 e. The van der Waals surface area contributed by atoms with E-state index in [4.69, 9.17) is 0 Å². The molecule has 1 saturated heterocycles. The van der Waals surface area contributed by atoms with Crippen molar-refractivity contribution in [1.82, 2.24) is 4.98 Å². The van der Waals surface area contributed by atoms with Crippen molar-refractivity contribution < 1.29 is 9.59 Å². The Morgan fingerprint density at radius 2 is 1.59 bits per heavy atom. The molecule has 1 fully saturated rings. The minimum Gasteiger partial charge on any atom is -0.274 e. The molecule has 0 N–H and O–H groups in total. The van der Waals surface area contributed by atoms with E-state index < -0.39 is 5.41 Å². The highest BCUT2D eigenvalue weighted by atomic mass is 32.1. The number of benzene rings is 2. The Labute approximate surface area is 160 Å². The molecule has 0 saturated carbocycles. The quantitative estimate of drug-likeness (QED) is 0.612. The summed E-state index contributed by atoms with van der Waals surface area (Å²) in [5.74, 6) is -1.05. The normalized spacial score (nSPS) is 30.3. The summed E-state index contributed by atoms with van der Waals surface area (Å²) in [5, 5.41) is 2.29. The first-order valence-corrected chi connectivity index (χ1v) is 9.98. The number of hydrogen-bond acceptors (Lipinski definition) is 4. The van der Waals surface area contributed by atoms with Gasteiger partial charge in [0.15, 0.2) is 5.13 Å². The number of carbonyl (C=O) groups excluding carboxylic acids is 2. The summed E-state index contributed by atoms with van der Waals surface area (Å²) in [6, 6.07) is 16.6. The van der Waals surface area contributed by atoms with E-state index in [1.165, 1.54) is 38.5 Å². The van der Waals surface area contributed by atoms with E-state index in [-0.39, 0.29) is 29.6 Å². The van der Waals surface area contributed by atoms with Gasteiger partial charge in [-0.05, 0) is 22.3 Å². The maximum atomic E-state index is 13.5. The molecule has 2 heterocycles. The predicted octanol–water partition coefficient (Wildman–Crippen LogP) is 3.71. The van der Waals surface area contributed by atoms with Gasteiger partial charge in [0, 0.05) is 22.9 Å². The van der Waals surface area contributed by atoms with Crippen molar-refractivity contribution in [2.24, 2.45) is 11.8 Å². The van der Waals surface area contributed by atoms with Crippen LogP contribution in [0.1, 0.15) is 35.1 Å². The standard InChI is InChI=1S/C22H16N2O2S/c1-22-14-8-4-2-6-12(14)16(13-7-3-5-9-15(13)22)17-18(22)20(26)24(19(17)25)21-23-10-11-27-21/h2-11,16-18H,1H3/t16?,17-,18-,22?/m0/s1. The fraction of sp³-hybridized carbons (Fsp3) is 0.227. The van der Waals surface area contributed by atoms with Gasteiger partial charge in [-0.2, -0.15) is 0 Å². The highest BCUT2D eigenvalue weighted by Crippen LogP contribution is 2.64. The lowest BCUT2D eigenvalue weighted by Crippen LogP contribution is -2.51. The van der Waals surface area contributed by atoms with Gasteiger partial charge in [0.05, 0.1) is 11.8 Å². The van der Waals surface area contributed by atoms with Gasteiger partial charge in [-0.15, -0.1) is 11.3 Å². The molecule has 2 aromatic carbocycles. The van der Waals surface area contributed by atoms with Crippen LogP contribution in [0, 0.1) is 11.8 Å². The Kier molecular flexibility index (Phi) is 2.79. The Balaban J connectivity index is 1.66. The van der Waals surface area contributed by atoms with Gasteiger partial charge in [0.1, 0.15) is 0 Å². The summed E-state index contributed by atoms with van der Waals surface area (Å²) in [7, 11) is 0. The van der Waals surface area contributed by atoms with Gasteiger partial charge < -0.3 is 0 Å². The third-order valence-electron chi connectivity index (χ3n) is 6.65. The van der Waals surface area contributed by atoms with Crippen LogP contribution in [-0.4, -0.2) is 16.8 Å². The van der Waals surface area contributed by atoms with E-state index in [9.17, 15) is 9.59 Å². The lowest BCUT2D eigenvalue weighted by atomic mass is 9.48. The van der Waals surface area contributed by atoms with Crippen LogP contribution < -0.4 is 4.90 Å². The first-order chi connectivity index (χ1) is 13.1.